The molecule has 0 unspecified atom stereocenters. The van der Waals surface area contributed by atoms with Gasteiger partial charge in [0.05, 0.1) is 0 Å². The maximum atomic E-state index is 12.5. The Hall–Kier alpha value is -0.430. The molecule has 20 heavy (non-hydrogen) atoms. The highest BCUT2D eigenvalue weighted by Gasteiger charge is 2.31. The number of sulfonamides is 1. The van der Waals surface area contributed by atoms with Crippen LogP contribution in [0.2, 0.25) is 0 Å². The fraction of sp³-hybridized carbons (Fsp3) is 0.714. The van der Waals surface area contributed by atoms with Crippen LogP contribution in [0, 0.1) is 0 Å². The van der Waals surface area contributed by atoms with E-state index < -0.39 is 10.0 Å². The van der Waals surface area contributed by atoms with E-state index in [1.165, 1.54) is 11.3 Å². The lowest BCUT2D eigenvalue weighted by Crippen LogP contribution is -2.46. The van der Waals surface area contributed by atoms with E-state index in [0.717, 1.165) is 31.4 Å². The lowest BCUT2D eigenvalue weighted by molar-refractivity contribution is 0.342. The van der Waals surface area contributed by atoms with Crippen LogP contribution in [0.1, 0.15) is 52.5 Å². The maximum absolute atomic E-state index is 12.5. The Bertz CT molecular complexity index is 497. The van der Waals surface area contributed by atoms with Crippen LogP contribution in [0.4, 0.5) is 0 Å². The Morgan fingerprint density at radius 3 is 2.25 bits per heavy atom. The molecule has 2 N–H and O–H groups in total. The molecule has 6 heteroatoms. The van der Waals surface area contributed by atoms with Gasteiger partial charge in [0.1, 0.15) is 4.21 Å². The SMILES string of the molecule is CCNCc1csc(S(=O)(=O)NC(CC)(CC)CC)c1. The maximum Gasteiger partial charge on any atom is 0.250 e. The molecule has 0 aromatic carbocycles. The van der Waals surface area contributed by atoms with Crippen molar-refractivity contribution >= 4 is 21.4 Å². The standard InChI is InChI=1S/C14H26N2O2S2/c1-5-14(6-2,7-3)16-20(17,18)13-9-12(11-19-13)10-15-8-4/h9,11,15-16H,5-8,10H2,1-4H3. The molecule has 0 saturated carbocycles. The van der Waals surface area contributed by atoms with Gasteiger partial charge in [-0.25, -0.2) is 13.1 Å². The van der Waals surface area contributed by atoms with Crippen molar-refractivity contribution in [2.75, 3.05) is 6.54 Å². The number of rotatable bonds is 9. The predicted molar refractivity (Wildman–Crippen MR) is 85.6 cm³/mol. The first kappa shape index (κ1) is 17.6. The summed E-state index contributed by atoms with van der Waals surface area (Å²) in [4.78, 5) is 0. The largest absolute Gasteiger partial charge is 0.313 e. The first-order chi connectivity index (χ1) is 9.43. The van der Waals surface area contributed by atoms with E-state index in [1.54, 1.807) is 6.07 Å². The van der Waals surface area contributed by atoms with Gasteiger partial charge in [0.2, 0.25) is 0 Å². The Morgan fingerprint density at radius 1 is 1.15 bits per heavy atom. The third-order valence-corrected chi connectivity index (χ3v) is 6.92. The molecule has 1 rings (SSSR count). The van der Waals surface area contributed by atoms with Crippen molar-refractivity contribution in [2.45, 2.75) is 63.3 Å². The Morgan fingerprint density at radius 2 is 1.75 bits per heavy atom. The van der Waals surface area contributed by atoms with Gasteiger partial charge in [-0.2, -0.15) is 0 Å². The van der Waals surface area contributed by atoms with Crippen LogP contribution in [-0.2, 0) is 16.6 Å². The predicted octanol–water partition coefficient (Wildman–Crippen LogP) is 3.10. The molecule has 1 heterocycles. The summed E-state index contributed by atoms with van der Waals surface area (Å²) in [6.07, 6.45) is 2.40. The molecular weight excluding hydrogens is 292 g/mol. The van der Waals surface area contributed by atoms with Crippen molar-refractivity contribution in [1.82, 2.24) is 10.0 Å². The molecule has 0 spiro atoms. The highest BCUT2D eigenvalue weighted by atomic mass is 32.2. The van der Waals surface area contributed by atoms with Crippen LogP contribution in [0.25, 0.3) is 0 Å². The molecule has 0 aliphatic rings. The lowest BCUT2D eigenvalue weighted by atomic mass is 9.91. The zero-order valence-electron chi connectivity index (χ0n) is 12.8. The molecule has 1 aromatic rings. The fourth-order valence-corrected chi connectivity index (χ4v) is 4.98. The third kappa shape index (κ3) is 4.28. The van der Waals surface area contributed by atoms with Crippen molar-refractivity contribution in [3.63, 3.8) is 0 Å². The summed E-state index contributed by atoms with van der Waals surface area (Å²) in [6, 6.07) is 1.77. The second kappa shape index (κ2) is 7.54. The normalized spacial score (nSPS) is 12.8. The summed E-state index contributed by atoms with van der Waals surface area (Å²) in [7, 11) is -3.42. The van der Waals surface area contributed by atoms with Crippen molar-refractivity contribution in [3.8, 4) is 0 Å². The van der Waals surface area contributed by atoms with Crippen molar-refractivity contribution in [2.24, 2.45) is 0 Å². The summed E-state index contributed by atoms with van der Waals surface area (Å²) in [5.41, 5.74) is 0.692. The minimum Gasteiger partial charge on any atom is -0.313 e. The number of thiophene rings is 1. The van der Waals surface area contributed by atoms with Crippen molar-refractivity contribution in [3.05, 3.63) is 17.0 Å². The van der Waals surface area contributed by atoms with E-state index in [2.05, 4.69) is 10.0 Å². The van der Waals surface area contributed by atoms with Crippen LogP contribution in [0.3, 0.4) is 0 Å². The average Bonchev–Trinajstić information content (AvgIpc) is 2.92. The second-order valence-corrected chi connectivity index (χ2v) is 7.82. The number of nitrogens with one attached hydrogen (secondary N) is 2. The second-order valence-electron chi connectivity index (χ2n) is 5.00. The lowest BCUT2D eigenvalue weighted by Gasteiger charge is -2.30. The van der Waals surface area contributed by atoms with Gasteiger partial charge in [-0.1, -0.05) is 27.7 Å². The van der Waals surface area contributed by atoms with E-state index in [-0.39, 0.29) is 5.54 Å². The summed E-state index contributed by atoms with van der Waals surface area (Å²) >= 11 is 1.29. The smallest absolute Gasteiger partial charge is 0.250 e. The average molecular weight is 319 g/mol. The van der Waals surface area contributed by atoms with Gasteiger partial charge < -0.3 is 5.32 Å². The van der Waals surface area contributed by atoms with Crippen molar-refractivity contribution < 1.29 is 8.42 Å². The fourth-order valence-electron chi connectivity index (χ4n) is 2.16. The Balaban J connectivity index is 2.90. The van der Waals surface area contributed by atoms with E-state index in [1.807, 2.05) is 33.1 Å². The molecule has 0 atom stereocenters. The first-order valence-corrected chi connectivity index (χ1v) is 9.61. The minimum atomic E-state index is -3.42. The molecule has 0 aliphatic heterocycles. The van der Waals surface area contributed by atoms with Gasteiger partial charge in [0.15, 0.2) is 0 Å². The molecule has 1 aromatic heterocycles. The van der Waals surface area contributed by atoms with Crippen LogP contribution < -0.4 is 10.0 Å². The first-order valence-electron chi connectivity index (χ1n) is 7.25. The topological polar surface area (TPSA) is 58.2 Å². The molecule has 116 valence electrons. The molecule has 0 saturated heterocycles. The quantitative estimate of drug-likeness (QED) is 0.735. The minimum absolute atomic E-state index is 0.329. The van der Waals surface area contributed by atoms with E-state index in [4.69, 9.17) is 0 Å². The highest BCUT2D eigenvalue weighted by Crippen LogP contribution is 2.26. The molecule has 0 fully saturated rings. The van der Waals surface area contributed by atoms with Crippen molar-refractivity contribution in [1.29, 1.82) is 0 Å². The molecule has 4 nitrogen and oxygen atoms in total. The summed E-state index contributed by atoms with van der Waals surface area (Å²) in [5.74, 6) is 0. The highest BCUT2D eigenvalue weighted by molar-refractivity contribution is 7.91. The molecule has 0 amide bonds. The molecule has 0 aliphatic carbocycles. The van der Waals surface area contributed by atoms with Gasteiger partial charge in [0, 0.05) is 12.1 Å². The summed E-state index contributed by atoms with van der Waals surface area (Å²) in [5, 5.41) is 5.11. The molecular formula is C14H26N2O2S2. The van der Waals surface area contributed by atoms with E-state index in [9.17, 15) is 8.42 Å². The van der Waals surface area contributed by atoms with E-state index in [0.29, 0.717) is 10.8 Å². The van der Waals surface area contributed by atoms with Gasteiger partial charge >= 0.3 is 0 Å². The number of hydrogen-bond donors (Lipinski definition) is 2. The van der Waals surface area contributed by atoms with Crippen LogP contribution >= 0.6 is 11.3 Å². The number of hydrogen-bond acceptors (Lipinski definition) is 4. The monoisotopic (exact) mass is 318 g/mol. The zero-order chi connectivity index (χ0) is 15.2. The van der Waals surface area contributed by atoms with Gasteiger partial charge in [-0.3, -0.25) is 0 Å². The Kier molecular flexibility index (Phi) is 6.64. The summed E-state index contributed by atoms with van der Waals surface area (Å²) < 4.78 is 28.3. The van der Waals surface area contributed by atoms with Crippen LogP contribution in [0.5, 0.6) is 0 Å². The zero-order valence-corrected chi connectivity index (χ0v) is 14.5. The molecule has 0 bridgehead atoms. The Labute approximate surface area is 127 Å². The van der Waals surface area contributed by atoms with Crippen LogP contribution in [-0.4, -0.2) is 20.5 Å². The van der Waals surface area contributed by atoms with Gasteiger partial charge in [-0.05, 0) is 42.8 Å². The van der Waals surface area contributed by atoms with Gasteiger partial charge in [-0.15, -0.1) is 11.3 Å². The summed E-state index contributed by atoms with van der Waals surface area (Å²) in [6.45, 7) is 9.70. The van der Waals surface area contributed by atoms with Crippen LogP contribution in [0.15, 0.2) is 15.7 Å². The third-order valence-electron chi connectivity index (χ3n) is 3.85. The molecule has 0 radical (unpaired) electrons. The van der Waals surface area contributed by atoms with E-state index >= 15 is 0 Å². The van der Waals surface area contributed by atoms with Gasteiger partial charge in [0.25, 0.3) is 10.0 Å².